The molecule has 0 heterocycles. The Morgan fingerprint density at radius 3 is 2.38 bits per heavy atom. The van der Waals surface area contributed by atoms with E-state index < -0.39 is 0 Å². The fraction of sp³-hybridized carbons (Fsp3) is 0.368. The Labute approximate surface area is 133 Å². The molecule has 0 aliphatic rings. The Morgan fingerprint density at radius 2 is 1.76 bits per heavy atom. The molecule has 2 heteroatoms. The predicted molar refractivity (Wildman–Crippen MR) is 94.2 cm³/mol. The summed E-state index contributed by atoms with van der Waals surface area (Å²) >= 11 is 1.79. The number of rotatable bonds is 7. The van der Waals surface area contributed by atoms with E-state index in [-0.39, 0.29) is 6.04 Å². The summed E-state index contributed by atoms with van der Waals surface area (Å²) in [5, 5.41) is 3.62. The van der Waals surface area contributed by atoms with E-state index in [1.807, 2.05) is 0 Å². The van der Waals surface area contributed by atoms with Crippen LogP contribution in [0.2, 0.25) is 0 Å². The molecule has 0 saturated carbocycles. The molecule has 0 aromatic heterocycles. The summed E-state index contributed by atoms with van der Waals surface area (Å²) in [6, 6.07) is 18.2. The van der Waals surface area contributed by atoms with E-state index in [0.717, 1.165) is 13.0 Å². The molecule has 1 atom stereocenters. The third-order valence-corrected chi connectivity index (χ3v) is 4.42. The zero-order chi connectivity index (χ0) is 15.1. The molecule has 0 bridgehead atoms. The smallest absolute Gasteiger partial charge is 0.0576 e. The molecule has 0 aliphatic carbocycles. The lowest BCUT2D eigenvalue weighted by atomic mass is 9.96. The van der Waals surface area contributed by atoms with Crippen LogP contribution in [0.3, 0.4) is 0 Å². The molecule has 1 nitrogen and oxygen atoms in total. The van der Waals surface area contributed by atoms with Crippen molar-refractivity contribution in [2.75, 3.05) is 12.8 Å². The van der Waals surface area contributed by atoms with Crippen LogP contribution in [0.4, 0.5) is 0 Å². The van der Waals surface area contributed by atoms with Crippen molar-refractivity contribution in [1.82, 2.24) is 5.32 Å². The lowest BCUT2D eigenvalue weighted by molar-refractivity contribution is 0.629. The zero-order valence-electron chi connectivity index (χ0n) is 13.2. The maximum Gasteiger partial charge on any atom is 0.0576 e. The quantitative estimate of drug-likeness (QED) is 0.717. The molecule has 21 heavy (non-hydrogen) atoms. The van der Waals surface area contributed by atoms with Crippen molar-refractivity contribution < 1.29 is 0 Å². The third-order valence-electron chi connectivity index (χ3n) is 3.68. The molecular formula is C19H25NS. The van der Waals surface area contributed by atoms with Gasteiger partial charge in [0.15, 0.2) is 0 Å². The van der Waals surface area contributed by atoms with E-state index in [1.54, 1.807) is 11.8 Å². The second-order valence-electron chi connectivity index (χ2n) is 5.26. The standard InChI is InChI=1S/C19H25NS/c1-4-7-15-8-6-9-17(14-15)19(20-5-2)16-10-12-18(21-3)13-11-16/h6,8-14,19-20H,4-5,7H2,1-3H3. The van der Waals surface area contributed by atoms with Gasteiger partial charge in [0.2, 0.25) is 0 Å². The monoisotopic (exact) mass is 299 g/mol. The summed E-state index contributed by atoms with van der Waals surface area (Å²) in [6.45, 7) is 5.36. The number of thioether (sulfide) groups is 1. The van der Waals surface area contributed by atoms with E-state index in [2.05, 4.69) is 74.0 Å². The van der Waals surface area contributed by atoms with E-state index in [0.29, 0.717) is 0 Å². The molecule has 0 spiro atoms. The third kappa shape index (κ3) is 4.36. The maximum absolute atomic E-state index is 3.62. The van der Waals surface area contributed by atoms with Crippen LogP contribution in [0.25, 0.3) is 0 Å². The number of benzene rings is 2. The van der Waals surface area contributed by atoms with Crippen LogP contribution < -0.4 is 5.32 Å². The first-order chi connectivity index (χ1) is 10.3. The average Bonchev–Trinajstić information content (AvgIpc) is 2.53. The molecule has 0 radical (unpaired) electrons. The van der Waals surface area contributed by atoms with Gasteiger partial charge in [0.25, 0.3) is 0 Å². The summed E-state index contributed by atoms with van der Waals surface area (Å²) in [4.78, 5) is 1.31. The topological polar surface area (TPSA) is 12.0 Å². The summed E-state index contributed by atoms with van der Waals surface area (Å²) in [7, 11) is 0. The van der Waals surface area contributed by atoms with Gasteiger partial charge < -0.3 is 5.32 Å². The number of aryl methyl sites for hydroxylation is 1. The fourth-order valence-electron chi connectivity index (χ4n) is 2.65. The van der Waals surface area contributed by atoms with Gasteiger partial charge in [-0.3, -0.25) is 0 Å². The van der Waals surface area contributed by atoms with Crippen LogP contribution in [0.15, 0.2) is 53.4 Å². The fourth-order valence-corrected chi connectivity index (χ4v) is 3.05. The van der Waals surface area contributed by atoms with Crippen molar-refractivity contribution in [2.24, 2.45) is 0 Å². The van der Waals surface area contributed by atoms with Gasteiger partial charge in [-0.2, -0.15) is 0 Å². The highest BCUT2D eigenvalue weighted by Crippen LogP contribution is 2.25. The number of hydrogen-bond donors (Lipinski definition) is 1. The molecule has 1 unspecified atom stereocenters. The molecule has 0 saturated heterocycles. The number of nitrogens with one attached hydrogen (secondary N) is 1. The van der Waals surface area contributed by atoms with E-state index in [9.17, 15) is 0 Å². The predicted octanol–water partition coefficient (Wildman–Crippen LogP) is 5.06. The lowest BCUT2D eigenvalue weighted by Crippen LogP contribution is -2.22. The van der Waals surface area contributed by atoms with Crippen molar-refractivity contribution in [3.63, 3.8) is 0 Å². The molecule has 2 aromatic rings. The molecule has 1 N–H and O–H groups in total. The minimum Gasteiger partial charge on any atom is -0.307 e. The zero-order valence-corrected chi connectivity index (χ0v) is 14.0. The second-order valence-corrected chi connectivity index (χ2v) is 6.14. The van der Waals surface area contributed by atoms with Crippen LogP contribution in [0, 0.1) is 0 Å². The Bertz CT molecular complexity index is 548. The molecule has 0 fully saturated rings. The first kappa shape index (κ1) is 16.1. The highest BCUT2D eigenvalue weighted by atomic mass is 32.2. The SMILES string of the molecule is CCCc1cccc(C(NCC)c2ccc(SC)cc2)c1. The van der Waals surface area contributed by atoms with E-state index >= 15 is 0 Å². The van der Waals surface area contributed by atoms with Gasteiger partial charge in [0, 0.05) is 4.90 Å². The Morgan fingerprint density at radius 1 is 1.00 bits per heavy atom. The Balaban J connectivity index is 2.30. The van der Waals surface area contributed by atoms with Crippen LogP contribution >= 0.6 is 11.8 Å². The van der Waals surface area contributed by atoms with E-state index in [1.165, 1.54) is 28.0 Å². The lowest BCUT2D eigenvalue weighted by Gasteiger charge is -2.20. The molecule has 0 aliphatic heterocycles. The minimum atomic E-state index is 0.280. The van der Waals surface area contributed by atoms with Gasteiger partial charge in [-0.25, -0.2) is 0 Å². The number of hydrogen-bond acceptors (Lipinski definition) is 2. The van der Waals surface area contributed by atoms with Gasteiger partial charge in [-0.05, 0) is 48.0 Å². The maximum atomic E-state index is 3.62. The van der Waals surface area contributed by atoms with Crippen LogP contribution in [0.5, 0.6) is 0 Å². The normalized spacial score (nSPS) is 12.3. The highest BCUT2D eigenvalue weighted by molar-refractivity contribution is 7.98. The molecule has 0 amide bonds. The summed E-state index contributed by atoms with van der Waals surface area (Å²) in [6.07, 6.45) is 4.46. The first-order valence-corrected chi connectivity index (χ1v) is 8.97. The Kier molecular flexibility index (Phi) is 6.34. The minimum absolute atomic E-state index is 0.280. The van der Waals surface area contributed by atoms with Crippen molar-refractivity contribution in [3.05, 3.63) is 65.2 Å². The molecule has 112 valence electrons. The van der Waals surface area contributed by atoms with Crippen LogP contribution in [-0.4, -0.2) is 12.8 Å². The van der Waals surface area contributed by atoms with Gasteiger partial charge in [0.05, 0.1) is 6.04 Å². The summed E-state index contributed by atoms with van der Waals surface area (Å²) < 4.78 is 0. The highest BCUT2D eigenvalue weighted by Gasteiger charge is 2.13. The van der Waals surface area contributed by atoms with Crippen molar-refractivity contribution in [1.29, 1.82) is 0 Å². The average molecular weight is 299 g/mol. The van der Waals surface area contributed by atoms with Crippen molar-refractivity contribution in [2.45, 2.75) is 37.6 Å². The largest absolute Gasteiger partial charge is 0.307 e. The summed E-state index contributed by atoms with van der Waals surface area (Å²) in [5.74, 6) is 0. The second kappa shape index (κ2) is 8.26. The van der Waals surface area contributed by atoms with E-state index in [4.69, 9.17) is 0 Å². The molecular weight excluding hydrogens is 274 g/mol. The van der Waals surface area contributed by atoms with Crippen LogP contribution in [-0.2, 0) is 6.42 Å². The molecule has 2 rings (SSSR count). The van der Waals surface area contributed by atoms with Crippen molar-refractivity contribution in [3.8, 4) is 0 Å². The first-order valence-electron chi connectivity index (χ1n) is 7.74. The van der Waals surface area contributed by atoms with Gasteiger partial charge >= 0.3 is 0 Å². The summed E-state index contributed by atoms with van der Waals surface area (Å²) in [5.41, 5.74) is 4.13. The van der Waals surface area contributed by atoms with Crippen LogP contribution in [0.1, 0.15) is 43.0 Å². The molecule has 2 aromatic carbocycles. The van der Waals surface area contributed by atoms with Gasteiger partial charge in [0.1, 0.15) is 0 Å². The van der Waals surface area contributed by atoms with Gasteiger partial charge in [-0.1, -0.05) is 56.7 Å². The van der Waals surface area contributed by atoms with Crippen molar-refractivity contribution >= 4 is 11.8 Å². The Hall–Kier alpha value is -1.25. The van der Waals surface area contributed by atoms with Gasteiger partial charge in [-0.15, -0.1) is 11.8 Å².